The van der Waals surface area contributed by atoms with E-state index in [0.717, 1.165) is 0 Å². The summed E-state index contributed by atoms with van der Waals surface area (Å²) in [4.78, 5) is 27.4. The molecule has 0 saturated carbocycles. The molecule has 0 bridgehead atoms. The first-order valence-corrected chi connectivity index (χ1v) is 9.96. The van der Waals surface area contributed by atoms with Crippen molar-refractivity contribution < 1.29 is 28.5 Å². The number of methoxy groups -OCH3 is 3. The molecule has 0 atom stereocenters. The zero-order chi connectivity index (χ0) is 22.8. The van der Waals surface area contributed by atoms with E-state index in [9.17, 15) is 9.59 Å². The summed E-state index contributed by atoms with van der Waals surface area (Å²) in [7, 11) is 4.48. The number of carbonyl (C=O) groups excluding carboxylic acids is 2. The molecule has 2 amide bonds. The van der Waals surface area contributed by atoms with Crippen LogP contribution in [0.2, 0.25) is 0 Å². The summed E-state index contributed by atoms with van der Waals surface area (Å²) in [5.74, 6) is 1.38. The summed E-state index contributed by atoms with van der Waals surface area (Å²) in [6.45, 7) is 6.41. The average molecular weight is 428 g/mol. The van der Waals surface area contributed by atoms with Crippen LogP contribution in [-0.2, 0) is 4.79 Å². The highest BCUT2D eigenvalue weighted by Crippen LogP contribution is 2.40. The molecule has 0 radical (unpaired) electrons. The zero-order valence-electron chi connectivity index (χ0n) is 18.7. The van der Waals surface area contributed by atoms with E-state index in [1.165, 1.54) is 21.3 Å². The van der Waals surface area contributed by atoms with E-state index in [-0.39, 0.29) is 18.4 Å². The maximum Gasteiger partial charge on any atom is 0.255 e. The third-order valence-electron chi connectivity index (χ3n) is 5.16. The smallest absolute Gasteiger partial charge is 0.255 e. The fourth-order valence-electron chi connectivity index (χ4n) is 3.45. The lowest BCUT2D eigenvalue weighted by Gasteiger charge is -2.26. The number of nitrogens with one attached hydrogen (secondary N) is 1. The molecule has 1 heterocycles. The van der Waals surface area contributed by atoms with Crippen LogP contribution >= 0.6 is 0 Å². The van der Waals surface area contributed by atoms with Crippen LogP contribution in [0.25, 0.3) is 0 Å². The molecular weight excluding hydrogens is 400 g/mol. The predicted molar refractivity (Wildman–Crippen MR) is 118 cm³/mol. The number of nitrogens with zero attached hydrogens (tertiary/aromatic N) is 1. The Kier molecular flexibility index (Phi) is 6.29. The van der Waals surface area contributed by atoms with E-state index >= 15 is 0 Å². The number of ether oxygens (including phenoxy) is 4. The number of hydrogen-bond donors (Lipinski definition) is 1. The van der Waals surface area contributed by atoms with Gasteiger partial charge >= 0.3 is 0 Å². The van der Waals surface area contributed by atoms with Crippen LogP contribution in [0.3, 0.4) is 0 Å². The molecule has 8 heteroatoms. The summed E-state index contributed by atoms with van der Waals surface area (Å²) in [6, 6.07) is 8.41. The van der Waals surface area contributed by atoms with Gasteiger partial charge in [0.1, 0.15) is 12.4 Å². The van der Waals surface area contributed by atoms with Crippen LogP contribution in [0, 0.1) is 5.41 Å². The summed E-state index contributed by atoms with van der Waals surface area (Å²) in [5, 5.41) is 2.86. The Labute approximate surface area is 182 Å². The van der Waals surface area contributed by atoms with E-state index < -0.39 is 5.41 Å². The lowest BCUT2D eigenvalue weighted by atomic mass is 9.93. The van der Waals surface area contributed by atoms with Gasteiger partial charge in [-0.05, 0) is 45.0 Å². The van der Waals surface area contributed by atoms with E-state index in [2.05, 4.69) is 5.32 Å². The lowest BCUT2D eigenvalue weighted by Crippen LogP contribution is -2.42. The van der Waals surface area contributed by atoms with E-state index in [0.29, 0.717) is 46.5 Å². The molecule has 1 aliphatic heterocycles. The Bertz CT molecular complexity index is 977. The number of hydrogen-bond acceptors (Lipinski definition) is 6. The fraction of sp³-hybridized carbons (Fsp3) is 0.391. The van der Waals surface area contributed by atoms with Gasteiger partial charge in [0, 0.05) is 23.9 Å². The summed E-state index contributed by atoms with van der Waals surface area (Å²) < 4.78 is 21.9. The quantitative estimate of drug-likeness (QED) is 0.754. The molecule has 0 unspecified atom stereocenters. The van der Waals surface area contributed by atoms with Gasteiger partial charge in [-0.25, -0.2) is 0 Å². The van der Waals surface area contributed by atoms with E-state index in [1.807, 2.05) is 20.8 Å². The van der Waals surface area contributed by atoms with Gasteiger partial charge in [-0.1, -0.05) is 0 Å². The molecule has 0 aromatic heterocycles. The monoisotopic (exact) mass is 428 g/mol. The first-order valence-electron chi connectivity index (χ1n) is 9.96. The fourth-order valence-corrected chi connectivity index (χ4v) is 3.45. The zero-order valence-corrected chi connectivity index (χ0v) is 18.7. The Morgan fingerprint density at radius 1 is 1.10 bits per heavy atom. The molecule has 0 saturated heterocycles. The molecule has 8 nitrogen and oxygen atoms in total. The second kappa shape index (κ2) is 8.75. The molecule has 2 aromatic carbocycles. The largest absolute Gasteiger partial charge is 0.493 e. The topological polar surface area (TPSA) is 86.3 Å². The van der Waals surface area contributed by atoms with Crippen molar-refractivity contribution in [1.82, 2.24) is 0 Å². The van der Waals surface area contributed by atoms with Crippen LogP contribution in [0.1, 0.15) is 31.1 Å². The molecular formula is C23H28N2O6. The van der Waals surface area contributed by atoms with Crippen molar-refractivity contribution >= 4 is 23.2 Å². The standard InChI is InChI=1S/C23H28N2O6/c1-7-25-16-9-8-15(12-17(16)31-13-23(2,3)22(25)27)24-21(26)14-10-18(28-4)20(30-6)19(11-14)29-5/h8-12H,7,13H2,1-6H3,(H,24,26). The lowest BCUT2D eigenvalue weighted by molar-refractivity contribution is -0.127. The van der Waals surface area contributed by atoms with Crippen LogP contribution in [-0.4, -0.2) is 46.3 Å². The van der Waals surface area contributed by atoms with Crippen LogP contribution in [0.15, 0.2) is 30.3 Å². The molecule has 166 valence electrons. The SMILES string of the molecule is CCN1C(=O)C(C)(C)COc2cc(NC(=O)c3cc(OC)c(OC)c(OC)c3)ccc21. The van der Waals surface area contributed by atoms with Gasteiger partial charge in [-0.2, -0.15) is 0 Å². The number of carbonyl (C=O) groups is 2. The first kappa shape index (κ1) is 22.3. The van der Waals surface area contributed by atoms with Gasteiger partial charge < -0.3 is 29.2 Å². The van der Waals surface area contributed by atoms with Crippen molar-refractivity contribution in [3.63, 3.8) is 0 Å². The predicted octanol–water partition coefficient (Wildman–Crippen LogP) is 3.74. The van der Waals surface area contributed by atoms with Crippen molar-refractivity contribution in [2.45, 2.75) is 20.8 Å². The van der Waals surface area contributed by atoms with Crippen LogP contribution < -0.4 is 29.2 Å². The van der Waals surface area contributed by atoms with Crippen LogP contribution in [0.5, 0.6) is 23.0 Å². The maximum atomic E-state index is 12.9. The number of rotatable bonds is 6. The second-order valence-corrected chi connectivity index (χ2v) is 7.77. The molecule has 1 aliphatic rings. The minimum atomic E-state index is -0.644. The van der Waals surface area contributed by atoms with Crippen LogP contribution in [0.4, 0.5) is 11.4 Å². The Morgan fingerprint density at radius 2 is 1.74 bits per heavy atom. The highest BCUT2D eigenvalue weighted by molar-refractivity contribution is 6.06. The van der Waals surface area contributed by atoms with Gasteiger partial charge in [-0.15, -0.1) is 0 Å². The minimum Gasteiger partial charge on any atom is -0.493 e. The molecule has 31 heavy (non-hydrogen) atoms. The third-order valence-corrected chi connectivity index (χ3v) is 5.16. The number of anilines is 2. The molecule has 3 rings (SSSR count). The summed E-state index contributed by atoms with van der Waals surface area (Å²) >= 11 is 0. The number of fused-ring (bicyclic) bond motifs is 1. The molecule has 0 aliphatic carbocycles. The summed E-state index contributed by atoms with van der Waals surface area (Å²) in [6.07, 6.45) is 0. The Balaban J connectivity index is 1.91. The van der Waals surface area contributed by atoms with Crippen molar-refractivity contribution in [1.29, 1.82) is 0 Å². The maximum absolute atomic E-state index is 12.9. The van der Waals surface area contributed by atoms with Gasteiger partial charge in [0.2, 0.25) is 11.7 Å². The Morgan fingerprint density at radius 3 is 2.29 bits per heavy atom. The third kappa shape index (κ3) is 4.23. The van der Waals surface area contributed by atoms with Gasteiger partial charge in [0.15, 0.2) is 11.5 Å². The van der Waals surface area contributed by atoms with Crippen molar-refractivity contribution in [2.24, 2.45) is 5.41 Å². The van der Waals surface area contributed by atoms with Gasteiger partial charge in [-0.3, -0.25) is 9.59 Å². The highest BCUT2D eigenvalue weighted by Gasteiger charge is 2.37. The molecule has 0 fully saturated rings. The van der Waals surface area contributed by atoms with Crippen molar-refractivity contribution in [2.75, 3.05) is 44.7 Å². The van der Waals surface area contributed by atoms with Crippen molar-refractivity contribution in [3.8, 4) is 23.0 Å². The molecule has 2 aromatic rings. The molecule has 0 spiro atoms. The normalized spacial score (nSPS) is 14.8. The average Bonchev–Trinajstić information content (AvgIpc) is 2.86. The number of amides is 2. The molecule has 1 N–H and O–H groups in total. The van der Waals surface area contributed by atoms with E-state index in [4.69, 9.17) is 18.9 Å². The number of benzene rings is 2. The first-order chi connectivity index (χ1) is 14.7. The minimum absolute atomic E-state index is 0.00274. The van der Waals surface area contributed by atoms with E-state index in [1.54, 1.807) is 35.2 Å². The van der Waals surface area contributed by atoms with Gasteiger partial charge in [0.25, 0.3) is 5.91 Å². The highest BCUT2D eigenvalue weighted by atomic mass is 16.5. The van der Waals surface area contributed by atoms with Crippen molar-refractivity contribution in [3.05, 3.63) is 35.9 Å². The Hall–Kier alpha value is -3.42. The van der Waals surface area contributed by atoms with Gasteiger partial charge in [0.05, 0.1) is 32.4 Å². The second-order valence-electron chi connectivity index (χ2n) is 7.77. The summed E-state index contributed by atoms with van der Waals surface area (Å²) in [5.41, 5.74) is 0.927.